The van der Waals surface area contributed by atoms with E-state index < -0.39 is 18.1 Å². The lowest BCUT2D eigenvalue weighted by molar-refractivity contribution is -0.140. The Labute approximate surface area is 110 Å². The first-order valence-corrected chi connectivity index (χ1v) is 6.08. The number of aliphatic carboxylic acids is 1. The maximum Gasteiger partial charge on any atom is 0.326 e. The summed E-state index contributed by atoms with van der Waals surface area (Å²) in [6.07, 6.45) is -0.202. The Morgan fingerprint density at radius 2 is 2.26 bits per heavy atom. The van der Waals surface area contributed by atoms with E-state index in [0.29, 0.717) is 23.5 Å². The van der Waals surface area contributed by atoms with Gasteiger partial charge in [0.15, 0.2) is 6.10 Å². The Kier molecular flexibility index (Phi) is 3.33. The lowest BCUT2D eigenvalue weighted by Gasteiger charge is -2.36. The molecular weight excluding hydrogens is 248 g/mol. The molecule has 1 aliphatic heterocycles. The molecule has 102 valence electrons. The van der Waals surface area contributed by atoms with Gasteiger partial charge >= 0.3 is 5.97 Å². The topological polar surface area (TPSA) is 92.9 Å². The van der Waals surface area contributed by atoms with Crippen LogP contribution in [0.2, 0.25) is 0 Å². The Morgan fingerprint density at radius 1 is 1.58 bits per heavy atom. The van der Waals surface area contributed by atoms with E-state index >= 15 is 0 Å². The average molecular weight is 264 g/mol. The van der Waals surface area contributed by atoms with Gasteiger partial charge in [-0.3, -0.25) is 9.69 Å². The van der Waals surface area contributed by atoms with Crippen LogP contribution in [-0.4, -0.2) is 29.1 Å². The number of carbonyl (C=O) groups excluding carboxylic acids is 1. The number of para-hydroxylation sites is 1. The average Bonchev–Trinajstić information content (AvgIpc) is 2.38. The summed E-state index contributed by atoms with van der Waals surface area (Å²) in [5.74, 6) is -1.01. The van der Waals surface area contributed by atoms with Crippen LogP contribution in [-0.2, 0) is 9.59 Å². The van der Waals surface area contributed by atoms with E-state index in [2.05, 4.69) is 0 Å². The van der Waals surface area contributed by atoms with Gasteiger partial charge in [-0.25, -0.2) is 4.79 Å². The molecule has 0 radical (unpaired) electrons. The summed E-state index contributed by atoms with van der Waals surface area (Å²) in [5.41, 5.74) is 6.52. The number of amides is 1. The number of hydrogen-bond donors (Lipinski definition) is 2. The summed E-state index contributed by atoms with van der Waals surface area (Å²) in [5, 5.41) is 9.15. The van der Waals surface area contributed by atoms with Crippen LogP contribution in [0.3, 0.4) is 0 Å². The third-order valence-corrected chi connectivity index (χ3v) is 3.17. The lowest BCUT2D eigenvalue weighted by atomic mass is 10.1. The monoisotopic (exact) mass is 264 g/mol. The zero-order valence-electron chi connectivity index (χ0n) is 10.8. The molecule has 2 atom stereocenters. The number of nitrogens with zero attached hydrogens (tertiary/aromatic N) is 1. The second-order valence-corrected chi connectivity index (χ2v) is 4.43. The van der Waals surface area contributed by atoms with Crippen LogP contribution in [0, 0.1) is 0 Å². The summed E-state index contributed by atoms with van der Waals surface area (Å²) < 4.78 is 5.57. The largest absolute Gasteiger partial charge is 0.480 e. The molecule has 1 aromatic rings. The Hall–Kier alpha value is -2.24. The van der Waals surface area contributed by atoms with Crippen LogP contribution in [0.25, 0.3) is 0 Å². The first-order chi connectivity index (χ1) is 8.97. The molecule has 6 heteroatoms. The standard InChI is InChI=1S/C13H16N2O4/c1-3-9-12(16)15(7(2)13(17)18)11-8(14)5-4-6-10(11)19-9/h4-7,9H,3,14H2,1-2H3,(H,17,18). The van der Waals surface area contributed by atoms with E-state index in [1.54, 1.807) is 18.2 Å². The van der Waals surface area contributed by atoms with Gasteiger partial charge in [0.2, 0.25) is 0 Å². The quantitative estimate of drug-likeness (QED) is 0.801. The number of carboxylic acid groups (broad SMARTS) is 1. The molecule has 6 nitrogen and oxygen atoms in total. The van der Waals surface area contributed by atoms with Gasteiger partial charge in [-0.1, -0.05) is 13.0 Å². The van der Waals surface area contributed by atoms with Crippen LogP contribution in [0.15, 0.2) is 18.2 Å². The second kappa shape index (κ2) is 4.79. The molecule has 0 saturated heterocycles. The first kappa shape index (κ1) is 13.2. The molecule has 0 aromatic heterocycles. The van der Waals surface area contributed by atoms with Gasteiger partial charge in [-0.05, 0) is 25.5 Å². The SMILES string of the molecule is CCC1Oc2cccc(N)c2N(C(C)C(=O)O)C1=O. The smallest absolute Gasteiger partial charge is 0.326 e. The fourth-order valence-corrected chi connectivity index (χ4v) is 2.11. The number of carbonyl (C=O) groups is 2. The van der Waals surface area contributed by atoms with Crippen molar-refractivity contribution in [1.29, 1.82) is 0 Å². The van der Waals surface area contributed by atoms with Crippen molar-refractivity contribution in [3.05, 3.63) is 18.2 Å². The number of hydrogen-bond acceptors (Lipinski definition) is 4. The van der Waals surface area contributed by atoms with Gasteiger partial charge in [0.05, 0.1) is 5.69 Å². The van der Waals surface area contributed by atoms with E-state index in [4.69, 9.17) is 15.6 Å². The Bertz CT molecular complexity index is 529. The second-order valence-electron chi connectivity index (χ2n) is 4.43. The number of nitrogen functional groups attached to an aromatic ring is 1. The third kappa shape index (κ3) is 2.09. The van der Waals surface area contributed by atoms with E-state index in [-0.39, 0.29) is 5.91 Å². The molecule has 0 spiro atoms. The number of fused-ring (bicyclic) bond motifs is 1. The highest BCUT2D eigenvalue weighted by Crippen LogP contribution is 2.40. The highest BCUT2D eigenvalue weighted by molar-refractivity contribution is 6.06. The first-order valence-electron chi connectivity index (χ1n) is 6.08. The molecule has 3 N–H and O–H groups in total. The number of benzene rings is 1. The van der Waals surface area contributed by atoms with Crippen molar-refractivity contribution < 1.29 is 19.4 Å². The highest BCUT2D eigenvalue weighted by atomic mass is 16.5. The molecule has 1 amide bonds. The number of rotatable bonds is 3. The summed E-state index contributed by atoms with van der Waals surface area (Å²) in [7, 11) is 0. The van der Waals surface area contributed by atoms with Gasteiger partial charge in [-0.15, -0.1) is 0 Å². The molecule has 0 bridgehead atoms. The molecule has 1 aliphatic rings. The Balaban J connectivity index is 2.57. The maximum absolute atomic E-state index is 12.3. The maximum atomic E-state index is 12.3. The zero-order valence-corrected chi connectivity index (χ0v) is 10.8. The van der Waals surface area contributed by atoms with Gasteiger partial charge in [0.25, 0.3) is 5.91 Å². The molecule has 0 aliphatic carbocycles. The molecule has 1 heterocycles. The third-order valence-electron chi connectivity index (χ3n) is 3.17. The van der Waals surface area contributed by atoms with Crippen LogP contribution in [0.4, 0.5) is 11.4 Å². The number of carboxylic acids is 1. The van der Waals surface area contributed by atoms with Crippen molar-refractivity contribution in [2.45, 2.75) is 32.4 Å². The van der Waals surface area contributed by atoms with Crippen LogP contribution in [0.5, 0.6) is 5.75 Å². The highest BCUT2D eigenvalue weighted by Gasteiger charge is 2.39. The van der Waals surface area contributed by atoms with E-state index in [1.807, 2.05) is 6.92 Å². The van der Waals surface area contributed by atoms with Crippen molar-refractivity contribution in [1.82, 2.24) is 0 Å². The van der Waals surface area contributed by atoms with Crippen molar-refractivity contribution >= 4 is 23.3 Å². The summed E-state index contributed by atoms with van der Waals surface area (Å²) in [6.45, 7) is 3.26. The minimum atomic E-state index is -1.08. The van der Waals surface area contributed by atoms with Gasteiger partial charge in [-0.2, -0.15) is 0 Å². The summed E-state index contributed by atoms with van der Waals surface area (Å²) in [4.78, 5) is 24.7. The number of anilines is 2. The van der Waals surface area contributed by atoms with Gasteiger partial charge < -0.3 is 15.6 Å². The van der Waals surface area contributed by atoms with Crippen molar-refractivity contribution in [2.24, 2.45) is 0 Å². The van der Waals surface area contributed by atoms with Crippen molar-refractivity contribution in [2.75, 3.05) is 10.6 Å². The fourth-order valence-electron chi connectivity index (χ4n) is 2.11. The van der Waals surface area contributed by atoms with Gasteiger partial charge in [0, 0.05) is 0 Å². The fraction of sp³-hybridized carbons (Fsp3) is 0.385. The molecule has 0 fully saturated rings. The van der Waals surface area contributed by atoms with E-state index in [9.17, 15) is 9.59 Å². The molecular formula is C13H16N2O4. The number of ether oxygens (including phenoxy) is 1. The molecule has 1 aromatic carbocycles. The van der Waals surface area contributed by atoms with Crippen LogP contribution < -0.4 is 15.4 Å². The van der Waals surface area contributed by atoms with Crippen molar-refractivity contribution in [3.63, 3.8) is 0 Å². The normalized spacial score (nSPS) is 19.6. The lowest BCUT2D eigenvalue weighted by Crippen LogP contribution is -2.52. The van der Waals surface area contributed by atoms with Crippen LogP contribution in [0.1, 0.15) is 20.3 Å². The Morgan fingerprint density at radius 3 is 2.84 bits per heavy atom. The summed E-state index contributed by atoms with van der Waals surface area (Å²) >= 11 is 0. The molecule has 0 saturated carbocycles. The molecule has 2 rings (SSSR count). The van der Waals surface area contributed by atoms with E-state index in [1.165, 1.54) is 11.8 Å². The predicted octanol–water partition coefficient (Wildman–Crippen LogP) is 1.25. The van der Waals surface area contributed by atoms with Crippen molar-refractivity contribution in [3.8, 4) is 5.75 Å². The van der Waals surface area contributed by atoms with E-state index in [0.717, 1.165) is 0 Å². The van der Waals surface area contributed by atoms with Crippen LogP contribution >= 0.6 is 0 Å². The minimum absolute atomic E-state index is 0.327. The minimum Gasteiger partial charge on any atom is -0.480 e. The summed E-state index contributed by atoms with van der Waals surface area (Å²) in [6, 6.07) is 4.01. The number of nitrogens with two attached hydrogens (primary N) is 1. The predicted molar refractivity (Wildman–Crippen MR) is 70.1 cm³/mol. The molecule has 2 unspecified atom stereocenters. The van der Waals surface area contributed by atoms with Gasteiger partial charge in [0.1, 0.15) is 17.5 Å². The molecule has 19 heavy (non-hydrogen) atoms. The zero-order chi connectivity index (χ0) is 14.2.